The molecule has 1 atom stereocenters. The van der Waals surface area contributed by atoms with E-state index >= 15 is 4.39 Å². The van der Waals surface area contributed by atoms with Crippen LogP contribution in [0.2, 0.25) is 5.02 Å². The van der Waals surface area contributed by atoms with Crippen LogP contribution in [0.3, 0.4) is 0 Å². The first kappa shape index (κ1) is 28.4. The maximum atomic E-state index is 16.8. The van der Waals surface area contributed by atoms with Crippen molar-refractivity contribution in [3.63, 3.8) is 0 Å². The summed E-state index contributed by atoms with van der Waals surface area (Å²) < 4.78 is 68.5. The second kappa shape index (κ2) is 10.2. The molecule has 0 bridgehead atoms. The van der Waals surface area contributed by atoms with Crippen LogP contribution < -0.4 is 9.64 Å². The van der Waals surface area contributed by atoms with Crippen molar-refractivity contribution in [1.29, 1.82) is 0 Å². The molecule has 0 radical (unpaired) electrons. The Labute approximate surface area is 227 Å². The summed E-state index contributed by atoms with van der Waals surface area (Å²) in [6.07, 6.45) is -4.76. The first-order valence-electron chi connectivity index (χ1n) is 11.8. The summed E-state index contributed by atoms with van der Waals surface area (Å²) in [7, 11) is 7.30. The number of carbonyl (C=O) groups is 2. The number of esters is 1. The Hall–Kier alpha value is -3.63. The van der Waals surface area contributed by atoms with Gasteiger partial charge in [-0.2, -0.15) is 13.2 Å². The molecule has 0 saturated carbocycles. The van der Waals surface area contributed by atoms with E-state index in [-0.39, 0.29) is 33.1 Å². The quantitative estimate of drug-likeness (QED) is 0.202. The molecule has 1 amide bonds. The molecular weight excluding hydrogens is 540 g/mol. The third kappa shape index (κ3) is 5.58. The Balaban J connectivity index is 1.69. The van der Waals surface area contributed by atoms with Crippen molar-refractivity contribution in [2.45, 2.75) is 18.4 Å². The number of anilines is 1. The Bertz CT molecular complexity index is 1420. The van der Waals surface area contributed by atoms with Gasteiger partial charge < -0.3 is 14.0 Å². The Morgan fingerprint density at radius 3 is 2.26 bits per heavy atom. The number of amides is 1. The van der Waals surface area contributed by atoms with Gasteiger partial charge in [-0.1, -0.05) is 29.8 Å². The average molecular weight is 566 g/mol. The minimum atomic E-state index is -4.76. The number of ether oxygens (including phenoxy) is 2. The third-order valence-corrected chi connectivity index (χ3v) is 6.47. The van der Waals surface area contributed by atoms with Crippen molar-refractivity contribution >= 4 is 29.2 Å². The summed E-state index contributed by atoms with van der Waals surface area (Å²) in [5.74, 6) is -2.11. The summed E-state index contributed by atoms with van der Waals surface area (Å²) in [6, 6.07) is 12.8. The number of hydrogen-bond donors (Lipinski definition) is 0. The Morgan fingerprint density at radius 1 is 1.00 bits per heavy atom. The normalized spacial score (nSPS) is 17.3. The van der Waals surface area contributed by atoms with Crippen molar-refractivity contribution in [1.82, 2.24) is 0 Å². The predicted molar refractivity (Wildman–Crippen MR) is 137 cm³/mol. The van der Waals surface area contributed by atoms with E-state index in [9.17, 15) is 22.8 Å². The van der Waals surface area contributed by atoms with Crippen molar-refractivity contribution < 1.29 is 41.1 Å². The van der Waals surface area contributed by atoms with E-state index in [2.05, 4.69) is 0 Å². The number of halogens is 5. The van der Waals surface area contributed by atoms with Crippen LogP contribution in [0.1, 0.15) is 32.6 Å². The highest BCUT2D eigenvalue weighted by atomic mass is 35.5. The van der Waals surface area contributed by atoms with Crippen molar-refractivity contribution in [2.24, 2.45) is 0 Å². The Morgan fingerprint density at radius 2 is 1.67 bits per heavy atom. The highest BCUT2D eigenvalue weighted by Crippen LogP contribution is 2.51. The topological polar surface area (TPSA) is 55.8 Å². The third-order valence-electron chi connectivity index (χ3n) is 6.23. The molecule has 1 aliphatic rings. The smallest absolute Gasteiger partial charge is 0.416 e. The fourth-order valence-corrected chi connectivity index (χ4v) is 4.64. The summed E-state index contributed by atoms with van der Waals surface area (Å²) in [5.41, 5.74) is -3.94. The minimum Gasteiger partial charge on any atom is -0.496 e. The van der Waals surface area contributed by atoms with Crippen LogP contribution in [0.5, 0.6) is 5.75 Å². The predicted octanol–water partition coefficient (Wildman–Crippen LogP) is 5.95. The SMILES string of the molecule is COc1ccc(Cl)cc1[C@]1(F)C(=O)N(COC(=O)c2ccc(C[N+](C)(C)C)cc2)c2cc(C(F)(F)F)ccc21. The maximum absolute atomic E-state index is 16.8. The van der Waals surface area contributed by atoms with E-state index in [1.165, 1.54) is 25.3 Å². The van der Waals surface area contributed by atoms with Crippen LogP contribution in [0.15, 0.2) is 60.7 Å². The number of hydrogen-bond acceptors (Lipinski definition) is 4. The number of benzene rings is 3. The van der Waals surface area contributed by atoms with Crippen LogP contribution in [0.25, 0.3) is 0 Å². The number of methoxy groups -OCH3 is 1. The lowest BCUT2D eigenvalue weighted by Gasteiger charge is -2.24. The number of carbonyl (C=O) groups excluding carboxylic acids is 2. The molecule has 0 N–H and O–H groups in total. The number of nitrogens with zero attached hydrogens (tertiary/aromatic N) is 2. The lowest BCUT2D eigenvalue weighted by atomic mass is 9.88. The van der Waals surface area contributed by atoms with Crippen molar-refractivity contribution in [3.8, 4) is 5.75 Å². The molecule has 206 valence electrons. The number of rotatable bonds is 7. The lowest BCUT2D eigenvalue weighted by Crippen LogP contribution is -2.40. The molecule has 0 aromatic heterocycles. The van der Waals surface area contributed by atoms with E-state index in [1.807, 2.05) is 21.1 Å². The molecule has 4 rings (SSSR count). The van der Waals surface area contributed by atoms with Gasteiger partial charge in [-0.05, 0) is 42.5 Å². The van der Waals surface area contributed by atoms with Gasteiger partial charge in [-0.3, -0.25) is 9.69 Å². The van der Waals surface area contributed by atoms with Gasteiger partial charge >= 0.3 is 12.1 Å². The number of fused-ring (bicyclic) bond motifs is 1. The molecule has 0 fully saturated rings. The first-order valence-corrected chi connectivity index (χ1v) is 12.2. The summed E-state index contributed by atoms with van der Waals surface area (Å²) in [5, 5.41) is 0.0858. The number of quaternary nitrogens is 1. The Kier molecular flexibility index (Phi) is 7.39. The van der Waals surface area contributed by atoms with Gasteiger partial charge in [0.25, 0.3) is 5.91 Å². The largest absolute Gasteiger partial charge is 0.496 e. The lowest BCUT2D eigenvalue weighted by molar-refractivity contribution is -0.884. The highest BCUT2D eigenvalue weighted by Gasteiger charge is 2.55. The average Bonchev–Trinajstić information content (AvgIpc) is 3.08. The van der Waals surface area contributed by atoms with Crippen LogP contribution >= 0.6 is 11.6 Å². The molecule has 3 aromatic carbocycles. The van der Waals surface area contributed by atoms with Gasteiger partial charge in [0.1, 0.15) is 12.3 Å². The highest BCUT2D eigenvalue weighted by molar-refractivity contribution is 6.30. The summed E-state index contributed by atoms with van der Waals surface area (Å²) in [4.78, 5) is 26.9. The van der Waals surface area contributed by atoms with Gasteiger partial charge in [0.05, 0.1) is 45.1 Å². The van der Waals surface area contributed by atoms with E-state index in [0.717, 1.165) is 11.6 Å². The molecule has 1 heterocycles. The fourth-order valence-electron chi connectivity index (χ4n) is 4.47. The summed E-state index contributed by atoms with van der Waals surface area (Å²) in [6.45, 7) is -0.108. The molecule has 11 heteroatoms. The minimum absolute atomic E-state index is 0.0334. The molecule has 0 saturated heterocycles. The van der Waals surface area contributed by atoms with Gasteiger partial charge in [0.15, 0.2) is 6.73 Å². The summed E-state index contributed by atoms with van der Waals surface area (Å²) >= 11 is 6.06. The van der Waals surface area contributed by atoms with E-state index in [1.54, 1.807) is 24.3 Å². The molecule has 1 aliphatic heterocycles. The molecule has 6 nitrogen and oxygen atoms in total. The molecular formula is C28H26ClF4N2O4+. The van der Waals surface area contributed by atoms with Crippen LogP contribution in [0, 0.1) is 0 Å². The van der Waals surface area contributed by atoms with Gasteiger partial charge in [0.2, 0.25) is 5.67 Å². The van der Waals surface area contributed by atoms with Crippen LogP contribution in [0.4, 0.5) is 23.2 Å². The molecule has 0 unspecified atom stereocenters. The molecule has 3 aromatic rings. The van der Waals surface area contributed by atoms with Gasteiger partial charge in [-0.15, -0.1) is 0 Å². The van der Waals surface area contributed by atoms with Crippen LogP contribution in [-0.4, -0.2) is 51.3 Å². The van der Waals surface area contributed by atoms with E-state index in [4.69, 9.17) is 21.1 Å². The standard InChI is InChI=1S/C28H26ClF4N2O4/c1-35(2,3)15-17-5-7-18(8-6-17)25(36)39-16-34-23-13-19(28(31,32)33)9-11-21(23)27(30,26(34)37)22-14-20(29)10-12-24(22)38-4/h5-14H,15-16H2,1-4H3/q+1/t27-/m0/s1. The van der Waals surface area contributed by atoms with Crippen molar-refractivity contribution in [3.05, 3.63) is 93.5 Å². The zero-order valence-corrected chi connectivity index (χ0v) is 22.4. The van der Waals surface area contributed by atoms with E-state index < -0.39 is 36.0 Å². The second-order valence-corrected chi connectivity index (χ2v) is 10.6. The van der Waals surface area contributed by atoms with Gasteiger partial charge in [-0.25, -0.2) is 9.18 Å². The van der Waals surface area contributed by atoms with Gasteiger partial charge in [0, 0.05) is 21.7 Å². The monoisotopic (exact) mass is 565 g/mol. The van der Waals surface area contributed by atoms with E-state index in [0.29, 0.717) is 28.1 Å². The second-order valence-electron chi connectivity index (χ2n) is 10.2. The molecule has 0 aliphatic carbocycles. The first-order chi connectivity index (χ1) is 18.1. The molecule has 39 heavy (non-hydrogen) atoms. The number of alkyl halides is 4. The molecule has 0 spiro atoms. The zero-order chi connectivity index (χ0) is 28.8. The fraction of sp³-hybridized carbons (Fsp3) is 0.286. The zero-order valence-electron chi connectivity index (χ0n) is 21.6. The van der Waals surface area contributed by atoms with Crippen LogP contribution in [-0.2, 0) is 27.9 Å². The van der Waals surface area contributed by atoms with Crippen molar-refractivity contribution in [2.75, 3.05) is 39.9 Å². The maximum Gasteiger partial charge on any atom is 0.416 e.